The third-order valence-electron chi connectivity index (χ3n) is 6.00. The van der Waals surface area contributed by atoms with Crippen molar-refractivity contribution in [1.82, 2.24) is 9.55 Å². The fourth-order valence-electron chi connectivity index (χ4n) is 5.48. The summed E-state index contributed by atoms with van der Waals surface area (Å²) < 4.78 is 2.06. The molecule has 108 valence electrons. The molecule has 4 aliphatic carbocycles. The van der Waals surface area contributed by atoms with E-state index in [0.717, 1.165) is 23.7 Å². The Morgan fingerprint density at radius 2 is 1.85 bits per heavy atom. The fraction of sp³-hybridized carbons (Fsp3) is 0.750. The highest BCUT2D eigenvalue weighted by Gasteiger charge is 2.49. The summed E-state index contributed by atoms with van der Waals surface area (Å²) in [5.41, 5.74) is 1.29. The number of carbonyl (C=O) groups is 1. The van der Waals surface area contributed by atoms with Gasteiger partial charge in [0.05, 0.1) is 0 Å². The highest BCUT2D eigenvalue weighted by molar-refractivity contribution is 5.69. The van der Waals surface area contributed by atoms with Gasteiger partial charge in [-0.25, -0.2) is 4.98 Å². The molecular weight excluding hydrogens is 252 g/mol. The molecule has 0 unspecified atom stereocenters. The molecule has 0 saturated heterocycles. The largest absolute Gasteiger partial charge is 0.481 e. The van der Waals surface area contributed by atoms with E-state index in [-0.39, 0.29) is 6.42 Å². The van der Waals surface area contributed by atoms with E-state index in [4.69, 9.17) is 5.11 Å². The first kappa shape index (κ1) is 12.4. The second-order valence-corrected chi connectivity index (χ2v) is 7.19. The zero-order valence-corrected chi connectivity index (χ0v) is 12.0. The summed E-state index contributed by atoms with van der Waals surface area (Å²) in [6.07, 6.45) is 8.99. The first-order chi connectivity index (χ1) is 9.61. The van der Waals surface area contributed by atoms with Crippen LogP contribution in [0, 0.1) is 23.7 Å². The predicted octanol–water partition coefficient (Wildman–Crippen LogP) is 2.59. The van der Waals surface area contributed by atoms with Crippen molar-refractivity contribution >= 4 is 5.97 Å². The van der Waals surface area contributed by atoms with Crippen LogP contribution in [0.15, 0.2) is 6.20 Å². The smallest absolute Gasteiger partial charge is 0.311 e. The summed E-state index contributed by atoms with van der Waals surface area (Å²) in [6.45, 7) is 0. The molecule has 0 spiro atoms. The van der Waals surface area contributed by atoms with Gasteiger partial charge in [0.15, 0.2) is 0 Å². The predicted molar refractivity (Wildman–Crippen MR) is 74.3 cm³/mol. The molecule has 0 aromatic carbocycles. The topological polar surface area (TPSA) is 55.1 Å². The molecular formula is C16H22N2O2. The lowest BCUT2D eigenvalue weighted by atomic mass is 9.51. The molecule has 4 heteroatoms. The lowest BCUT2D eigenvalue weighted by molar-refractivity contribution is -0.136. The van der Waals surface area contributed by atoms with Crippen LogP contribution in [0.4, 0.5) is 0 Å². The molecule has 1 N–H and O–H groups in total. The van der Waals surface area contributed by atoms with E-state index < -0.39 is 5.97 Å². The first-order valence-electron chi connectivity index (χ1n) is 7.84. The third-order valence-corrected chi connectivity index (χ3v) is 6.00. The molecule has 0 radical (unpaired) electrons. The Morgan fingerprint density at radius 3 is 2.40 bits per heavy atom. The van der Waals surface area contributed by atoms with Gasteiger partial charge in [0.1, 0.15) is 12.2 Å². The monoisotopic (exact) mass is 274 g/mol. The number of imidazole rings is 1. The number of carboxylic acid groups (broad SMARTS) is 1. The number of nitrogens with zero attached hydrogens (tertiary/aromatic N) is 2. The molecule has 0 amide bonds. The van der Waals surface area contributed by atoms with Crippen molar-refractivity contribution in [3.63, 3.8) is 0 Å². The molecule has 0 aliphatic heterocycles. The summed E-state index contributed by atoms with van der Waals surface area (Å²) in [7, 11) is 1.99. The van der Waals surface area contributed by atoms with E-state index in [1.807, 2.05) is 13.2 Å². The van der Waals surface area contributed by atoms with Gasteiger partial charge in [0.25, 0.3) is 0 Å². The Bertz CT molecular complexity index is 521. The highest BCUT2D eigenvalue weighted by Crippen LogP contribution is 2.59. The van der Waals surface area contributed by atoms with Gasteiger partial charge >= 0.3 is 5.97 Å². The van der Waals surface area contributed by atoms with Crippen LogP contribution in [-0.4, -0.2) is 20.6 Å². The summed E-state index contributed by atoms with van der Waals surface area (Å²) in [4.78, 5) is 15.3. The van der Waals surface area contributed by atoms with Gasteiger partial charge < -0.3 is 9.67 Å². The molecule has 20 heavy (non-hydrogen) atoms. The van der Waals surface area contributed by atoms with Crippen molar-refractivity contribution in [2.75, 3.05) is 0 Å². The Balaban J connectivity index is 1.64. The van der Waals surface area contributed by atoms with Crippen LogP contribution in [0.3, 0.4) is 0 Å². The normalized spacial score (nSPS) is 38.4. The Morgan fingerprint density at radius 1 is 1.25 bits per heavy atom. The van der Waals surface area contributed by atoms with Crippen molar-refractivity contribution < 1.29 is 9.90 Å². The maximum absolute atomic E-state index is 10.9. The van der Waals surface area contributed by atoms with Gasteiger partial charge in [-0.15, -0.1) is 0 Å². The number of hydrogen-bond donors (Lipinski definition) is 1. The minimum absolute atomic E-state index is 0.0316. The van der Waals surface area contributed by atoms with Gasteiger partial charge in [-0.05, 0) is 55.8 Å². The van der Waals surface area contributed by atoms with E-state index >= 15 is 0 Å². The average molecular weight is 274 g/mol. The zero-order chi connectivity index (χ0) is 13.9. The molecule has 1 heterocycles. The van der Waals surface area contributed by atoms with Crippen LogP contribution in [0.1, 0.15) is 49.5 Å². The van der Waals surface area contributed by atoms with Crippen molar-refractivity contribution in [3.05, 3.63) is 17.7 Å². The van der Waals surface area contributed by atoms with Crippen molar-refractivity contribution in [3.8, 4) is 0 Å². The van der Waals surface area contributed by atoms with E-state index in [0.29, 0.717) is 11.7 Å². The minimum Gasteiger partial charge on any atom is -0.481 e. The SMILES string of the molecule is Cn1c(C2C3CC4CC(C3)CC2C4)cnc1CC(=O)O. The second kappa shape index (κ2) is 4.34. The zero-order valence-electron chi connectivity index (χ0n) is 12.0. The van der Waals surface area contributed by atoms with Gasteiger partial charge in [-0.3, -0.25) is 4.79 Å². The molecule has 4 bridgehead atoms. The lowest BCUT2D eigenvalue weighted by Crippen LogP contribution is -2.44. The molecule has 4 fully saturated rings. The summed E-state index contributed by atoms with van der Waals surface area (Å²) in [5.74, 6) is 4.11. The van der Waals surface area contributed by atoms with Gasteiger partial charge in [-0.1, -0.05) is 0 Å². The third kappa shape index (κ3) is 1.80. The summed E-state index contributed by atoms with van der Waals surface area (Å²) in [5, 5.41) is 8.96. The molecule has 1 aromatic heterocycles. The Hall–Kier alpha value is -1.32. The Labute approximate surface area is 119 Å². The quantitative estimate of drug-likeness (QED) is 0.921. The summed E-state index contributed by atoms with van der Waals surface area (Å²) in [6, 6.07) is 0. The summed E-state index contributed by atoms with van der Waals surface area (Å²) >= 11 is 0. The van der Waals surface area contributed by atoms with Gasteiger partial charge in [-0.2, -0.15) is 0 Å². The number of rotatable bonds is 3. The van der Waals surface area contributed by atoms with Gasteiger partial charge in [0.2, 0.25) is 0 Å². The van der Waals surface area contributed by atoms with Crippen LogP contribution < -0.4 is 0 Å². The van der Waals surface area contributed by atoms with E-state index in [9.17, 15) is 4.79 Å². The van der Waals surface area contributed by atoms with E-state index in [1.54, 1.807) is 0 Å². The van der Waals surface area contributed by atoms with Crippen molar-refractivity contribution in [1.29, 1.82) is 0 Å². The van der Waals surface area contributed by atoms with Crippen LogP contribution in [0.2, 0.25) is 0 Å². The average Bonchev–Trinajstić information content (AvgIpc) is 2.70. The molecule has 0 atom stereocenters. The van der Waals surface area contributed by atoms with Gasteiger partial charge in [0, 0.05) is 24.9 Å². The number of hydrogen-bond acceptors (Lipinski definition) is 2. The highest BCUT2D eigenvalue weighted by atomic mass is 16.4. The molecule has 4 saturated carbocycles. The van der Waals surface area contributed by atoms with Crippen molar-refractivity contribution in [2.45, 2.75) is 44.4 Å². The number of carboxylic acids is 1. The first-order valence-corrected chi connectivity index (χ1v) is 7.84. The maximum Gasteiger partial charge on any atom is 0.311 e. The standard InChI is InChI=1S/C16H22N2O2/c1-18-13(8-17-14(18)7-15(19)20)16-11-3-9-2-10(5-11)6-12(16)4-9/h8-12,16H,2-7H2,1H3,(H,19,20). The minimum atomic E-state index is -0.796. The maximum atomic E-state index is 10.9. The number of aliphatic carboxylic acids is 1. The van der Waals surface area contributed by atoms with Crippen molar-refractivity contribution in [2.24, 2.45) is 30.7 Å². The van der Waals surface area contributed by atoms with E-state index in [1.165, 1.54) is 37.8 Å². The number of aromatic nitrogens is 2. The molecule has 4 nitrogen and oxygen atoms in total. The van der Waals surface area contributed by atoms with E-state index in [2.05, 4.69) is 9.55 Å². The van der Waals surface area contributed by atoms with Crippen LogP contribution >= 0.6 is 0 Å². The lowest BCUT2D eigenvalue weighted by Gasteiger charge is -2.54. The molecule has 1 aromatic rings. The molecule has 5 rings (SSSR count). The van der Waals surface area contributed by atoms with Crippen LogP contribution in [-0.2, 0) is 18.3 Å². The van der Waals surface area contributed by atoms with Crippen LogP contribution in [0.25, 0.3) is 0 Å². The second-order valence-electron chi connectivity index (χ2n) is 7.19. The fourth-order valence-corrected chi connectivity index (χ4v) is 5.48. The molecule has 4 aliphatic rings. The van der Waals surface area contributed by atoms with Crippen LogP contribution in [0.5, 0.6) is 0 Å². The Kier molecular flexibility index (Phi) is 2.69.